The number of para-hydroxylation sites is 1. The number of methoxy groups -OCH3 is 1. The fourth-order valence-electron chi connectivity index (χ4n) is 6.56. The zero-order valence-corrected chi connectivity index (χ0v) is 28.2. The zero-order valence-electron chi connectivity index (χ0n) is 28.2. The molecule has 6 heteroatoms. The molecule has 0 aliphatic rings. The summed E-state index contributed by atoms with van der Waals surface area (Å²) in [7, 11) is 1.65. The lowest BCUT2D eigenvalue weighted by molar-refractivity contribution is 0.416. The molecule has 52 heavy (non-hydrogen) atoms. The van der Waals surface area contributed by atoms with Gasteiger partial charge in [0.15, 0.2) is 17.5 Å². The second kappa shape index (κ2) is 14.1. The topological polar surface area (TPSA) is 68.1 Å². The van der Waals surface area contributed by atoms with Gasteiger partial charge in [0.05, 0.1) is 12.7 Å². The van der Waals surface area contributed by atoms with Crippen molar-refractivity contribution in [3.63, 3.8) is 0 Å². The van der Waals surface area contributed by atoms with Crippen molar-refractivity contribution < 1.29 is 14.2 Å². The Hall–Kier alpha value is -6.92. The highest BCUT2D eigenvalue weighted by Crippen LogP contribution is 2.45. The van der Waals surface area contributed by atoms with E-state index in [0.29, 0.717) is 39.7 Å². The number of hydrogen-bond acceptors (Lipinski definition) is 5. The van der Waals surface area contributed by atoms with Crippen LogP contribution in [0.4, 0.5) is 4.39 Å². The van der Waals surface area contributed by atoms with Crippen LogP contribution in [0.5, 0.6) is 11.5 Å². The zero-order chi connectivity index (χ0) is 35.4. The van der Waals surface area contributed by atoms with Gasteiger partial charge in [0.1, 0.15) is 17.3 Å². The van der Waals surface area contributed by atoms with E-state index in [1.54, 1.807) is 19.2 Å². The summed E-state index contributed by atoms with van der Waals surface area (Å²) in [6, 6.07) is 53.5. The Morgan fingerprint density at radius 2 is 0.865 bits per heavy atom. The first kappa shape index (κ1) is 32.3. The van der Waals surface area contributed by atoms with Gasteiger partial charge in [-0.05, 0) is 52.1 Å². The number of ether oxygens (including phenoxy) is 1. The molecule has 0 aliphatic carbocycles. The van der Waals surface area contributed by atoms with Crippen LogP contribution in [0.15, 0.2) is 170 Å². The van der Waals surface area contributed by atoms with Crippen LogP contribution in [0, 0.1) is 5.82 Å². The minimum Gasteiger partial charge on any atom is -0.507 e. The van der Waals surface area contributed by atoms with Crippen LogP contribution in [-0.2, 0) is 0 Å². The number of rotatable bonds is 8. The molecule has 1 N–H and O–H groups in total. The quantitative estimate of drug-likeness (QED) is 0.173. The molecule has 0 spiro atoms. The van der Waals surface area contributed by atoms with E-state index < -0.39 is 5.82 Å². The minimum atomic E-state index is -0.537. The normalized spacial score (nSPS) is 11.0. The summed E-state index contributed by atoms with van der Waals surface area (Å²) in [4.78, 5) is 14.5. The maximum absolute atomic E-state index is 17.0. The summed E-state index contributed by atoms with van der Waals surface area (Å²) in [5, 5.41) is 11.3. The summed E-state index contributed by atoms with van der Waals surface area (Å²) in [5.41, 5.74) is 7.56. The SMILES string of the molecule is COc1ccccc1-c1ccccc1-c1ccccc1-c1c(O)ccc(-c2cccc(-c3nc(-c4ccccc4)nc(-c4ccccc4)n3)c2)c1F. The Morgan fingerprint density at radius 1 is 0.423 bits per heavy atom. The molecule has 250 valence electrons. The minimum absolute atomic E-state index is 0.117. The lowest BCUT2D eigenvalue weighted by Gasteiger charge is -2.18. The molecule has 1 heterocycles. The van der Waals surface area contributed by atoms with Crippen LogP contribution in [-0.4, -0.2) is 27.2 Å². The van der Waals surface area contributed by atoms with Gasteiger partial charge in [-0.15, -0.1) is 0 Å². The molecule has 8 rings (SSSR count). The first-order valence-electron chi connectivity index (χ1n) is 16.9. The maximum Gasteiger partial charge on any atom is 0.164 e. The van der Waals surface area contributed by atoms with Gasteiger partial charge in [-0.2, -0.15) is 0 Å². The third-order valence-corrected chi connectivity index (χ3v) is 9.06. The predicted octanol–water partition coefficient (Wildman–Crippen LogP) is 11.4. The van der Waals surface area contributed by atoms with E-state index in [1.807, 2.05) is 158 Å². The highest BCUT2D eigenvalue weighted by atomic mass is 19.1. The number of benzene rings is 7. The van der Waals surface area contributed by atoms with Crippen LogP contribution in [0.25, 0.3) is 78.7 Å². The van der Waals surface area contributed by atoms with Gasteiger partial charge in [-0.3, -0.25) is 0 Å². The van der Waals surface area contributed by atoms with Gasteiger partial charge in [0, 0.05) is 27.8 Å². The third-order valence-electron chi connectivity index (χ3n) is 9.06. The smallest absolute Gasteiger partial charge is 0.164 e. The molecule has 0 aliphatic heterocycles. The molecular formula is C46H32FN3O2. The van der Waals surface area contributed by atoms with Crippen LogP contribution >= 0.6 is 0 Å². The summed E-state index contributed by atoms with van der Waals surface area (Å²) in [6.45, 7) is 0. The van der Waals surface area contributed by atoms with Crippen LogP contribution in [0.3, 0.4) is 0 Å². The van der Waals surface area contributed by atoms with E-state index in [4.69, 9.17) is 19.7 Å². The fraction of sp³-hybridized carbons (Fsp3) is 0.0217. The molecule has 0 unspecified atom stereocenters. The largest absolute Gasteiger partial charge is 0.507 e. The number of aromatic hydroxyl groups is 1. The van der Waals surface area contributed by atoms with Gasteiger partial charge < -0.3 is 9.84 Å². The Labute approximate surface area is 301 Å². The molecule has 0 atom stereocenters. The van der Waals surface area contributed by atoms with Crippen molar-refractivity contribution in [1.29, 1.82) is 0 Å². The van der Waals surface area contributed by atoms with Gasteiger partial charge in [-0.1, -0.05) is 146 Å². The molecule has 0 radical (unpaired) electrons. The number of phenols is 1. The standard InChI is InChI=1S/C46H32FN3O2/c1-52-41-26-13-12-24-38(41)36-22-9-8-21-35(36)37-23-10-11-25-39(37)42-40(51)28-27-34(43(42)47)32-19-14-20-33(29-32)46-49-44(30-15-4-2-5-16-30)48-45(50-46)31-17-6-3-7-18-31/h2-29,51H,1H3. The van der Waals surface area contributed by atoms with Crippen molar-refractivity contribution >= 4 is 0 Å². The molecule has 0 bridgehead atoms. The number of halogens is 1. The Morgan fingerprint density at radius 3 is 1.46 bits per heavy atom. The molecule has 5 nitrogen and oxygen atoms in total. The monoisotopic (exact) mass is 677 g/mol. The van der Waals surface area contributed by atoms with Crippen LogP contribution in [0.1, 0.15) is 0 Å². The van der Waals surface area contributed by atoms with Gasteiger partial charge >= 0.3 is 0 Å². The molecule has 0 amide bonds. The summed E-state index contributed by atoms with van der Waals surface area (Å²) in [6.07, 6.45) is 0. The van der Waals surface area contributed by atoms with E-state index in [0.717, 1.165) is 39.1 Å². The lowest BCUT2D eigenvalue weighted by Crippen LogP contribution is -2.00. The van der Waals surface area contributed by atoms with Crippen LogP contribution in [0.2, 0.25) is 0 Å². The number of hydrogen-bond donors (Lipinski definition) is 1. The van der Waals surface area contributed by atoms with Crippen molar-refractivity contribution in [3.8, 4) is 90.2 Å². The first-order valence-corrected chi connectivity index (χ1v) is 16.9. The number of aromatic nitrogens is 3. The third kappa shape index (κ3) is 6.18. The van der Waals surface area contributed by atoms with E-state index >= 15 is 4.39 Å². The number of phenolic OH excluding ortho intramolecular Hbond substituents is 1. The molecule has 1 aromatic heterocycles. The predicted molar refractivity (Wildman–Crippen MR) is 206 cm³/mol. The lowest BCUT2D eigenvalue weighted by atomic mass is 9.87. The van der Waals surface area contributed by atoms with Gasteiger partial charge in [0.2, 0.25) is 0 Å². The second-order valence-electron chi connectivity index (χ2n) is 12.2. The molecule has 0 saturated carbocycles. The van der Waals surface area contributed by atoms with Crippen molar-refractivity contribution in [3.05, 3.63) is 176 Å². The molecule has 0 saturated heterocycles. The highest BCUT2D eigenvalue weighted by Gasteiger charge is 2.22. The Bertz CT molecular complexity index is 2480. The van der Waals surface area contributed by atoms with Crippen molar-refractivity contribution in [2.24, 2.45) is 0 Å². The summed E-state index contributed by atoms with van der Waals surface area (Å²) >= 11 is 0. The fourth-order valence-corrected chi connectivity index (χ4v) is 6.56. The van der Waals surface area contributed by atoms with E-state index in [1.165, 1.54) is 0 Å². The molecule has 7 aromatic carbocycles. The first-order chi connectivity index (χ1) is 25.6. The van der Waals surface area contributed by atoms with Crippen molar-refractivity contribution in [1.82, 2.24) is 15.0 Å². The van der Waals surface area contributed by atoms with E-state index in [2.05, 4.69) is 0 Å². The molecule has 8 aromatic rings. The van der Waals surface area contributed by atoms with Crippen LogP contribution < -0.4 is 4.74 Å². The second-order valence-corrected chi connectivity index (χ2v) is 12.2. The summed E-state index contributed by atoms with van der Waals surface area (Å²) < 4.78 is 22.7. The average molecular weight is 678 g/mol. The Kier molecular flexibility index (Phi) is 8.78. The van der Waals surface area contributed by atoms with Gasteiger partial charge in [-0.25, -0.2) is 19.3 Å². The maximum atomic E-state index is 17.0. The Balaban J connectivity index is 1.25. The van der Waals surface area contributed by atoms with Crippen molar-refractivity contribution in [2.45, 2.75) is 0 Å². The average Bonchev–Trinajstić information content (AvgIpc) is 3.21. The van der Waals surface area contributed by atoms with Gasteiger partial charge in [0.25, 0.3) is 0 Å². The summed E-state index contributed by atoms with van der Waals surface area (Å²) in [5.74, 6) is 1.58. The number of nitrogens with zero attached hydrogens (tertiary/aromatic N) is 3. The molecular weight excluding hydrogens is 646 g/mol. The van der Waals surface area contributed by atoms with E-state index in [9.17, 15) is 5.11 Å². The highest BCUT2D eigenvalue weighted by molar-refractivity contribution is 5.95. The van der Waals surface area contributed by atoms with E-state index in [-0.39, 0.29) is 11.3 Å². The van der Waals surface area contributed by atoms with Crippen molar-refractivity contribution in [2.75, 3.05) is 7.11 Å². The molecule has 0 fully saturated rings.